The van der Waals surface area contributed by atoms with Gasteiger partial charge in [-0.25, -0.2) is 4.79 Å². The Morgan fingerprint density at radius 2 is 1.20 bits per heavy atom. The average Bonchev–Trinajstić information content (AvgIpc) is 0.841. The fourth-order valence-electron chi connectivity index (χ4n) is 9.63. The highest BCUT2D eigenvalue weighted by atomic mass is 16.5. The molecule has 3 rings (SSSR count). The standard InChI is InChI=1S/C61H95N15O17/c1-10-32(8)42-56(88)74-43(33(9)78)55(87)67-27-41(79)72-45(48(81)50(63)82)58(90)71-40(28-77)60(92)93-49(35-20-15-12-16-21-35)46(76-54(86)39(26-34-18-13-11-14-19-34)69-51(83)36(62)24-29(2)3)59(91)75-44(47(80)31(6)7)57(89)70-38(25-30(4)5)53(85)68-37(52(84)73-42)22-17-23-66-61(64)65/h11-16,18-21,29-33,36-40,42-49,77-78,80-81H,10,17,22-28,62H2,1-9H3,(H2,63,82)(H,67,87)(H,68,85)(H,69,83)(H,70,89)(H,71,90)(H,72,79)(H,73,84)(H,74,88)(H,75,91)(H,76,86)(H4,64,65,66)/t32-,33-,36+,37+,38-,39-,40-,42-,43-,44-,45-,46-,47+,48-,49+/m0/s1. The molecule has 93 heavy (non-hydrogen) atoms. The van der Waals surface area contributed by atoms with Crippen LogP contribution in [0.15, 0.2) is 60.7 Å². The van der Waals surface area contributed by atoms with Crippen LogP contribution in [-0.2, 0) is 68.7 Å². The van der Waals surface area contributed by atoms with Crippen molar-refractivity contribution in [2.24, 2.45) is 40.9 Å². The Bertz CT molecular complexity index is 2890. The number of primary amides is 1. The summed E-state index contributed by atoms with van der Waals surface area (Å²) < 4.78 is 5.96. The minimum atomic E-state index is -2.58. The topological polar surface area (TPSA) is 529 Å². The van der Waals surface area contributed by atoms with Crippen LogP contribution in [0, 0.1) is 29.1 Å². The van der Waals surface area contributed by atoms with Gasteiger partial charge in [-0.2, -0.15) is 0 Å². The van der Waals surface area contributed by atoms with Crippen molar-refractivity contribution in [1.29, 1.82) is 5.41 Å². The molecular weight excluding hydrogens is 1210 g/mol. The van der Waals surface area contributed by atoms with Gasteiger partial charge < -0.3 is 101 Å². The molecule has 0 bridgehead atoms. The third-order valence-corrected chi connectivity index (χ3v) is 15.1. The zero-order valence-electron chi connectivity index (χ0n) is 53.9. The van der Waals surface area contributed by atoms with Crippen molar-refractivity contribution in [1.82, 2.24) is 58.5 Å². The molecule has 1 heterocycles. The van der Waals surface area contributed by atoms with Crippen LogP contribution in [0.4, 0.5) is 0 Å². The van der Waals surface area contributed by atoms with E-state index < -0.39 is 193 Å². The maximum Gasteiger partial charge on any atom is 0.331 e. The number of ether oxygens (including phenoxy) is 1. The molecule has 1 fully saturated rings. The fraction of sp³-hybridized carbons (Fsp3) is 0.590. The number of nitrogens with two attached hydrogens (primary N) is 3. The van der Waals surface area contributed by atoms with Crippen LogP contribution < -0.4 is 75.7 Å². The third-order valence-electron chi connectivity index (χ3n) is 15.1. The van der Waals surface area contributed by atoms with Crippen molar-refractivity contribution in [2.75, 3.05) is 19.7 Å². The second-order valence-corrected chi connectivity index (χ2v) is 24.1. The molecule has 2 aromatic rings. The molecule has 516 valence electrons. The molecule has 0 saturated carbocycles. The summed E-state index contributed by atoms with van der Waals surface area (Å²) in [6.07, 6.45) is -8.30. The second kappa shape index (κ2) is 38.2. The predicted octanol–water partition coefficient (Wildman–Crippen LogP) is -5.03. The summed E-state index contributed by atoms with van der Waals surface area (Å²) in [5, 5.41) is 78.5. The van der Waals surface area contributed by atoms with Gasteiger partial charge >= 0.3 is 5.97 Å². The monoisotopic (exact) mass is 1310 g/mol. The van der Waals surface area contributed by atoms with Crippen LogP contribution in [0.1, 0.15) is 112 Å². The van der Waals surface area contributed by atoms with Crippen LogP contribution in [0.3, 0.4) is 0 Å². The minimum absolute atomic E-state index is 0.0102. The summed E-state index contributed by atoms with van der Waals surface area (Å²) >= 11 is 0. The van der Waals surface area contributed by atoms with Gasteiger partial charge in [0.1, 0.15) is 48.3 Å². The molecule has 0 unspecified atom stereocenters. The summed E-state index contributed by atoms with van der Waals surface area (Å²) in [7, 11) is 0. The SMILES string of the molecule is CC[C@H](C)[C@@H]1NC(=O)[C@@H](CCCNC(=N)N)NC(=O)[C@H](CC(C)C)NC(=O)[C@H]([C@H](O)C(C)C)NC(=O)[C@@H](NC(=O)[C@H](Cc2ccccc2)NC(=O)[C@H](N)CC(C)C)[C@@H](c2ccccc2)OC(=O)[C@H](CO)NC(=O)[C@H]([C@H](O)C(N)=O)NC(=O)CNC(=O)[C@H]([C@H](C)O)NC1=O. The van der Waals surface area contributed by atoms with Crippen molar-refractivity contribution >= 4 is 76.9 Å². The van der Waals surface area contributed by atoms with Gasteiger partial charge in [-0.05, 0) is 67.4 Å². The van der Waals surface area contributed by atoms with E-state index in [1.54, 1.807) is 58.0 Å². The molecule has 0 radical (unpaired) electrons. The number of carbonyl (C=O) groups excluding carboxylic acids is 12. The van der Waals surface area contributed by atoms with E-state index in [-0.39, 0.29) is 56.6 Å². The van der Waals surface area contributed by atoms with E-state index in [0.29, 0.717) is 5.56 Å². The normalized spacial score (nSPS) is 24.2. The van der Waals surface area contributed by atoms with Gasteiger partial charge in [0.05, 0.1) is 31.4 Å². The molecule has 0 aromatic heterocycles. The number of amides is 11. The zero-order chi connectivity index (χ0) is 70.0. The van der Waals surface area contributed by atoms with Gasteiger partial charge in [0.2, 0.25) is 65.0 Å². The highest BCUT2D eigenvalue weighted by Crippen LogP contribution is 2.25. The number of cyclic esters (lactones) is 1. The maximum absolute atomic E-state index is 15.5. The molecule has 0 aliphatic carbocycles. The van der Waals surface area contributed by atoms with Gasteiger partial charge in [0, 0.05) is 13.0 Å². The number of guanidine groups is 1. The van der Waals surface area contributed by atoms with Crippen molar-refractivity contribution < 1.29 is 82.7 Å². The molecule has 11 amide bonds. The Kier molecular flexibility index (Phi) is 32.2. The largest absolute Gasteiger partial charge is 0.453 e. The molecule has 1 aliphatic heterocycles. The summed E-state index contributed by atoms with van der Waals surface area (Å²) in [6.45, 7) is 11.9. The van der Waals surface area contributed by atoms with E-state index in [1.807, 2.05) is 24.5 Å². The van der Waals surface area contributed by atoms with Crippen LogP contribution in [-0.4, -0.2) is 196 Å². The van der Waals surface area contributed by atoms with Crippen LogP contribution >= 0.6 is 0 Å². The van der Waals surface area contributed by atoms with Crippen LogP contribution in [0.5, 0.6) is 0 Å². The van der Waals surface area contributed by atoms with Gasteiger partial charge in [0.25, 0.3) is 0 Å². The molecular formula is C61H95N15O17. The van der Waals surface area contributed by atoms with E-state index in [4.69, 9.17) is 27.3 Å². The number of hydrogen-bond donors (Lipinski definition) is 19. The molecule has 32 nitrogen and oxygen atoms in total. The van der Waals surface area contributed by atoms with E-state index in [0.717, 1.165) is 6.92 Å². The molecule has 15 atom stereocenters. The first kappa shape index (κ1) is 78.4. The zero-order valence-corrected chi connectivity index (χ0v) is 53.9. The number of carbonyl (C=O) groups is 12. The van der Waals surface area contributed by atoms with Gasteiger partial charge in [0.15, 0.2) is 24.2 Å². The number of hydrogen-bond acceptors (Lipinski definition) is 19. The lowest BCUT2D eigenvalue weighted by atomic mass is 9.95. The van der Waals surface area contributed by atoms with Crippen LogP contribution in [0.25, 0.3) is 0 Å². The Morgan fingerprint density at radius 1 is 0.656 bits per heavy atom. The molecule has 2 aromatic carbocycles. The van der Waals surface area contributed by atoms with Gasteiger partial charge in [-0.3, -0.25) is 58.1 Å². The lowest BCUT2D eigenvalue weighted by Crippen LogP contribution is -2.64. The minimum Gasteiger partial charge on any atom is -0.453 e. The Hall–Kier alpha value is -8.85. The maximum atomic E-state index is 15.5. The Morgan fingerprint density at radius 3 is 1.75 bits per heavy atom. The molecule has 32 heteroatoms. The highest BCUT2D eigenvalue weighted by Gasteiger charge is 2.44. The van der Waals surface area contributed by atoms with Crippen molar-refractivity contribution in [3.63, 3.8) is 0 Å². The third kappa shape index (κ3) is 25.3. The molecule has 1 saturated heterocycles. The Labute approximate surface area is 539 Å². The smallest absolute Gasteiger partial charge is 0.331 e. The summed E-state index contributed by atoms with van der Waals surface area (Å²) in [5.41, 5.74) is 17.5. The molecule has 22 N–H and O–H groups in total. The van der Waals surface area contributed by atoms with E-state index >= 15 is 9.59 Å². The first-order valence-corrected chi connectivity index (χ1v) is 30.8. The lowest BCUT2D eigenvalue weighted by molar-refractivity contribution is -0.159. The fourth-order valence-corrected chi connectivity index (χ4v) is 9.63. The van der Waals surface area contributed by atoms with Gasteiger partial charge in [-0.15, -0.1) is 0 Å². The van der Waals surface area contributed by atoms with Crippen LogP contribution in [0.2, 0.25) is 0 Å². The van der Waals surface area contributed by atoms with E-state index in [2.05, 4.69) is 47.9 Å². The first-order chi connectivity index (χ1) is 43.7. The number of esters is 1. The number of aliphatic hydroxyl groups is 4. The lowest BCUT2D eigenvalue weighted by Gasteiger charge is -2.33. The predicted molar refractivity (Wildman–Crippen MR) is 336 cm³/mol. The number of aliphatic hydroxyl groups excluding tert-OH is 4. The number of rotatable bonds is 23. The summed E-state index contributed by atoms with van der Waals surface area (Å²) in [6, 6.07) is -2.74. The highest BCUT2D eigenvalue weighted by molar-refractivity contribution is 6.00. The molecule has 1 aliphatic rings. The van der Waals surface area contributed by atoms with E-state index in [9.17, 15) is 68.4 Å². The van der Waals surface area contributed by atoms with E-state index in [1.165, 1.54) is 44.2 Å². The Balaban J connectivity index is 2.44. The average molecular weight is 1310 g/mol. The summed E-state index contributed by atoms with van der Waals surface area (Å²) in [4.78, 5) is 171. The first-order valence-electron chi connectivity index (χ1n) is 30.8. The van der Waals surface area contributed by atoms with Gasteiger partial charge in [-0.1, -0.05) is 122 Å². The second-order valence-electron chi connectivity index (χ2n) is 24.1. The van der Waals surface area contributed by atoms with Crippen molar-refractivity contribution in [2.45, 2.75) is 186 Å². The quantitative estimate of drug-likeness (QED) is 0.0214. The number of benzene rings is 2. The summed E-state index contributed by atoms with van der Waals surface area (Å²) in [5.74, 6) is -17.2. The van der Waals surface area contributed by atoms with Crippen molar-refractivity contribution in [3.05, 3.63) is 71.8 Å². The number of nitrogens with one attached hydrogen (secondary N) is 12. The molecule has 0 spiro atoms. The van der Waals surface area contributed by atoms with Crippen molar-refractivity contribution in [3.8, 4) is 0 Å².